The maximum Gasteiger partial charge on any atom is 0.306 e. The van der Waals surface area contributed by atoms with Crippen LogP contribution in [0.1, 0.15) is 118 Å². The minimum atomic E-state index is -0.267. The second-order valence-corrected chi connectivity index (χ2v) is 12.5. The Balaban J connectivity index is 1.44. The molecule has 0 aromatic carbocycles. The van der Waals surface area contributed by atoms with Crippen molar-refractivity contribution in [2.24, 2.45) is 40.4 Å². The molecule has 0 amide bonds. The second-order valence-electron chi connectivity index (χ2n) is 12.5. The van der Waals surface area contributed by atoms with Crippen LogP contribution in [0, 0.1) is 40.4 Å². The van der Waals surface area contributed by atoms with Gasteiger partial charge in [-0.2, -0.15) is 0 Å². The van der Waals surface area contributed by atoms with Crippen molar-refractivity contribution >= 4 is 11.8 Å². The van der Waals surface area contributed by atoms with Gasteiger partial charge in [0.05, 0.1) is 0 Å². The smallest absolute Gasteiger partial charge is 0.306 e. The van der Waals surface area contributed by atoms with E-state index in [4.69, 9.17) is 4.74 Å². The number of ketones is 1. The standard InChI is InChI=1S/C28H46O3/c1-6-7-8-9-25(30)31-26(3)16-17-27(4)20(18-26)10-11-21-23-13-12-22(19(2)29)28(23,5)15-14-24(21)27/h20-24H,6-18H2,1-5H3/t20-,21-,22+,23-,24-,26+,27-,28+/m0/s1. The summed E-state index contributed by atoms with van der Waals surface area (Å²) in [6, 6.07) is 0. The summed E-state index contributed by atoms with van der Waals surface area (Å²) >= 11 is 0. The fourth-order valence-corrected chi connectivity index (χ4v) is 9.02. The van der Waals surface area contributed by atoms with Crippen LogP contribution in [0.3, 0.4) is 0 Å². The summed E-state index contributed by atoms with van der Waals surface area (Å²) in [5.41, 5.74) is 0.358. The monoisotopic (exact) mass is 430 g/mol. The van der Waals surface area contributed by atoms with Gasteiger partial charge in [-0.25, -0.2) is 0 Å². The Bertz CT molecular complexity index is 700. The predicted molar refractivity (Wildman–Crippen MR) is 125 cm³/mol. The van der Waals surface area contributed by atoms with E-state index in [0.717, 1.165) is 56.3 Å². The van der Waals surface area contributed by atoms with Crippen LogP contribution < -0.4 is 0 Å². The van der Waals surface area contributed by atoms with Crippen LogP contribution in [0.25, 0.3) is 0 Å². The summed E-state index contributed by atoms with van der Waals surface area (Å²) in [6.07, 6.45) is 14.5. The first-order chi connectivity index (χ1) is 14.6. The van der Waals surface area contributed by atoms with Gasteiger partial charge in [0.15, 0.2) is 0 Å². The SMILES string of the molecule is CCCCCC(=O)O[C@]1(C)CC[C@@]2(C)[C@@H](CC[C@@H]3[C@@H]2CC[C@]2(C)[C@@H](C(C)=O)CC[C@@H]32)C1. The van der Waals surface area contributed by atoms with Crippen LogP contribution in [0.15, 0.2) is 0 Å². The number of rotatable bonds is 6. The summed E-state index contributed by atoms with van der Waals surface area (Å²) < 4.78 is 6.10. The number of Topliss-reactive ketones (excluding diaryl/α,β-unsaturated/α-hetero) is 1. The summed E-state index contributed by atoms with van der Waals surface area (Å²) in [5.74, 6) is 3.74. The molecule has 0 radical (unpaired) electrons. The molecule has 0 unspecified atom stereocenters. The molecule has 0 saturated heterocycles. The van der Waals surface area contributed by atoms with Gasteiger partial charge in [-0.3, -0.25) is 9.59 Å². The molecule has 0 aromatic rings. The number of unbranched alkanes of at least 4 members (excludes halogenated alkanes) is 2. The largest absolute Gasteiger partial charge is 0.459 e. The molecule has 0 spiro atoms. The lowest BCUT2D eigenvalue weighted by atomic mass is 9.44. The van der Waals surface area contributed by atoms with E-state index >= 15 is 0 Å². The fraction of sp³-hybridized carbons (Fsp3) is 0.929. The van der Waals surface area contributed by atoms with E-state index < -0.39 is 0 Å². The number of ether oxygens (including phenoxy) is 1. The molecule has 8 atom stereocenters. The average molecular weight is 431 g/mol. The third-order valence-electron chi connectivity index (χ3n) is 10.8. The minimum absolute atomic E-state index is 0.0166. The fourth-order valence-electron chi connectivity index (χ4n) is 9.02. The maximum absolute atomic E-state index is 12.5. The lowest BCUT2D eigenvalue weighted by molar-refractivity contribution is -0.181. The van der Waals surface area contributed by atoms with Crippen molar-refractivity contribution in [2.45, 2.75) is 124 Å². The molecular weight excluding hydrogens is 384 g/mol. The highest BCUT2D eigenvalue weighted by Crippen LogP contribution is 2.68. The topological polar surface area (TPSA) is 43.4 Å². The van der Waals surface area contributed by atoms with Gasteiger partial charge in [0.2, 0.25) is 0 Å². The van der Waals surface area contributed by atoms with Crippen LogP contribution in [0.5, 0.6) is 0 Å². The minimum Gasteiger partial charge on any atom is -0.459 e. The van der Waals surface area contributed by atoms with Crippen LogP contribution >= 0.6 is 0 Å². The van der Waals surface area contributed by atoms with E-state index in [9.17, 15) is 9.59 Å². The van der Waals surface area contributed by atoms with Gasteiger partial charge in [0.1, 0.15) is 11.4 Å². The average Bonchev–Trinajstić information content (AvgIpc) is 3.06. The van der Waals surface area contributed by atoms with Gasteiger partial charge in [0.25, 0.3) is 0 Å². The Hall–Kier alpha value is -0.860. The Morgan fingerprint density at radius 2 is 1.61 bits per heavy atom. The molecule has 0 heterocycles. The first-order valence-corrected chi connectivity index (χ1v) is 13.4. The van der Waals surface area contributed by atoms with Gasteiger partial charge >= 0.3 is 5.97 Å². The third kappa shape index (κ3) is 4.01. The zero-order chi connectivity index (χ0) is 22.4. The molecule has 0 aromatic heterocycles. The first kappa shape index (κ1) is 23.3. The van der Waals surface area contributed by atoms with Crippen LogP contribution in [0.2, 0.25) is 0 Å². The van der Waals surface area contributed by atoms with Gasteiger partial charge in [-0.1, -0.05) is 33.6 Å². The molecule has 4 rings (SSSR count). The highest BCUT2D eigenvalue weighted by molar-refractivity contribution is 5.79. The summed E-state index contributed by atoms with van der Waals surface area (Å²) in [6.45, 7) is 11.2. The quantitative estimate of drug-likeness (QED) is 0.333. The van der Waals surface area contributed by atoms with Gasteiger partial charge in [-0.15, -0.1) is 0 Å². The van der Waals surface area contributed by atoms with Gasteiger partial charge in [-0.05, 0) is 113 Å². The van der Waals surface area contributed by atoms with Crippen molar-refractivity contribution in [1.29, 1.82) is 0 Å². The lowest BCUT2D eigenvalue weighted by Gasteiger charge is -2.62. The first-order valence-electron chi connectivity index (χ1n) is 13.4. The molecule has 0 N–H and O–H groups in total. The number of fused-ring (bicyclic) bond motifs is 5. The summed E-state index contributed by atoms with van der Waals surface area (Å²) in [4.78, 5) is 24.8. The molecule has 31 heavy (non-hydrogen) atoms. The van der Waals surface area contributed by atoms with E-state index in [1.807, 2.05) is 6.92 Å². The number of esters is 1. The number of carbonyl (C=O) groups excluding carboxylic acids is 2. The lowest BCUT2D eigenvalue weighted by Crippen LogP contribution is -2.56. The van der Waals surface area contributed by atoms with Crippen molar-refractivity contribution in [3.8, 4) is 0 Å². The summed E-state index contributed by atoms with van der Waals surface area (Å²) in [5, 5.41) is 0. The van der Waals surface area contributed by atoms with Gasteiger partial charge < -0.3 is 4.74 Å². The normalized spacial score (nSPS) is 46.5. The Morgan fingerprint density at radius 3 is 2.32 bits per heavy atom. The predicted octanol–water partition coefficient (Wildman–Crippen LogP) is 7.12. The number of hydrogen-bond acceptors (Lipinski definition) is 3. The Labute approximate surface area is 190 Å². The van der Waals surface area contributed by atoms with E-state index in [2.05, 4.69) is 27.7 Å². The van der Waals surface area contributed by atoms with Crippen molar-refractivity contribution in [3.63, 3.8) is 0 Å². The van der Waals surface area contributed by atoms with Crippen molar-refractivity contribution in [3.05, 3.63) is 0 Å². The zero-order valence-electron chi connectivity index (χ0n) is 20.8. The molecule has 0 bridgehead atoms. The Kier molecular flexibility index (Phi) is 6.38. The van der Waals surface area contributed by atoms with Crippen LogP contribution in [-0.2, 0) is 14.3 Å². The molecule has 4 saturated carbocycles. The second kappa shape index (κ2) is 8.49. The molecule has 0 aliphatic heterocycles. The maximum atomic E-state index is 12.5. The van der Waals surface area contributed by atoms with E-state index in [-0.39, 0.29) is 17.0 Å². The third-order valence-corrected chi connectivity index (χ3v) is 10.8. The number of carbonyl (C=O) groups is 2. The zero-order valence-corrected chi connectivity index (χ0v) is 20.8. The molecule has 4 aliphatic rings. The Morgan fingerprint density at radius 1 is 0.871 bits per heavy atom. The molecule has 4 aliphatic carbocycles. The highest BCUT2D eigenvalue weighted by atomic mass is 16.6. The summed E-state index contributed by atoms with van der Waals surface area (Å²) in [7, 11) is 0. The highest BCUT2D eigenvalue weighted by Gasteiger charge is 2.61. The van der Waals surface area contributed by atoms with Crippen molar-refractivity contribution < 1.29 is 14.3 Å². The molecular formula is C28H46O3. The molecule has 3 nitrogen and oxygen atoms in total. The van der Waals surface area contributed by atoms with Crippen LogP contribution in [-0.4, -0.2) is 17.4 Å². The molecule has 3 heteroatoms. The van der Waals surface area contributed by atoms with E-state index in [1.165, 1.54) is 38.5 Å². The van der Waals surface area contributed by atoms with Gasteiger partial charge in [0, 0.05) is 12.3 Å². The van der Waals surface area contributed by atoms with Crippen molar-refractivity contribution in [1.82, 2.24) is 0 Å². The van der Waals surface area contributed by atoms with E-state index in [0.29, 0.717) is 29.5 Å². The molecule has 4 fully saturated rings. The van der Waals surface area contributed by atoms with E-state index in [1.54, 1.807) is 0 Å². The number of hydrogen-bond donors (Lipinski definition) is 0. The molecule has 176 valence electrons. The van der Waals surface area contributed by atoms with Crippen molar-refractivity contribution in [2.75, 3.05) is 0 Å². The van der Waals surface area contributed by atoms with Crippen LogP contribution in [0.4, 0.5) is 0 Å².